The molecule has 1 atom stereocenters. The van der Waals surface area contributed by atoms with Crippen LogP contribution < -0.4 is 10.1 Å². The molecule has 0 spiro atoms. The van der Waals surface area contributed by atoms with Crippen LogP contribution in [0, 0.1) is 5.92 Å². The summed E-state index contributed by atoms with van der Waals surface area (Å²) in [5.41, 5.74) is 1.65. The summed E-state index contributed by atoms with van der Waals surface area (Å²) >= 11 is 0. The van der Waals surface area contributed by atoms with Crippen molar-refractivity contribution in [1.82, 2.24) is 9.97 Å². The van der Waals surface area contributed by atoms with Crippen LogP contribution in [0.15, 0.2) is 67.0 Å². The second-order valence-electron chi connectivity index (χ2n) is 9.67. The molecule has 0 aliphatic carbocycles. The number of ether oxygens (including phenoxy) is 2. The molecule has 2 aromatic carbocycles. The quantitative estimate of drug-likeness (QED) is 0.453. The van der Waals surface area contributed by atoms with E-state index < -0.39 is 5.92 Å². The molecular weight excluding hydrogens is 444 g/mol. The molecule has 8 nitrogen and oxygen atoms in total. The Labute approximate surface area is 203 Å². The van der Waals surface area contributed by atoms with Gasteiger partial charge in [0.2, 0.25) is 5.95 Å². The summed E-state index contributed by atoms with van der Waals surface area (Å²) in [6, 6.07) is 17.0. The highest BCUT2D eigenvalue weighted by atomic mass is 16.5. The Bertz CT molecular complexity index is 1210. The fourth-order valence-corrected chi connectivity index (χ4v) is 5.79. The fourth-order valence-electron chi connectivity index (χ4n) is 5.79. The lowest BCUT2D eigenvalue weighted by molar-refractivity contribution is -0.938. The average molecular weight is 472 g/mol. The van der Waals surface area contributed by atoms with Crippen molar-refractivity contribution in [2.45, 2.75) is 24.9 Å². The van der Waals surface area contributed by atoms with Gasteiger partial charge in [-0.2, -0.15) is 0 Å². The van der Waals surface area contributed by atoms with E-state index in [2.05, 4.69) is 15.3 Å². The lowest BCUT2D eigenvalue weighted by Crippen LogP contribution is -2.66. The van der Waals surface area contributed by atoms with Gasteiger partial charge < -0.3 is 14.0 Å². The number of aromatic nitrogens is 2. The number of benzene rings is 2. The van der Waals surface area contributed by atoms with Crippen molar-refractivity contribution < 1.29 is 23.5 Å². The van der Waals surface area contributed by atoms with Crippen LogP contribution in [0.5, 0.6) is 11.5 Å². The number of hydrogen-bond acceptors (Lipinski definition) is 6. The van der Waals surface area contributed by atoms with E-state index >= 15 is 0 Å². The number of carbonyl (C=O) groups excluding carboxylic acids is 2. The lowest BCUT2D eigenvalue weighted by atomic mass is 9.82. The molecule has 1 aromatic heterocycles. The van der Waals surface area contributed by atoms with Crippen LogP contribution in [0.25, 0.3) is 0 Å². The highest BCUT2D eigenvalue weighted by Crippen LogP contribution is 2.45. The summed E-state index contributed by atoms with van der Waals surface area (Å²) in [7, 11) is 0. The highest BCUT2D eigenvalue weighted by molar-refractivity contribution is 5.90. The summed E-state index contributed by atoms with van der Waals surface area (Å²) in [6.45, 7) is 2.78. The molecule has 1 N–H and O–H groups in total. The molecule has 3 aromatic rings. The predicted octanol–water partition coefficient (Wildman–Crippen LogP) is 3.51. The molecule has 4 aliphatic rings. The van der Waals surface area contributed by atoms with E-state index in [1.54, 1.807) is 18.5 Å². The van der Waals surface area contributed by atoms with Gasteiger partial charge in [-0.1, -0.05) is 36.4 Å². The van der Waals surface area contributed by atoms with Crippen LogP contribution in [0.1, 0.15) is 29.9 Å². The molecule has 35 heavy (non-hydrogen) atoms. The Balaban J connectivity index is 1.19. The molecule has 5 heterocycles. The zero-order valence-electron chi connectivity index (χ0n) is 19.3. The van der Waals surface area contributed by atoms with Gasteiger partial charge in [0.05, 0.1) is 13.1 Å². The maximum atomic E-state index is 13.7. The van der Waals surface area contributed by atoms with Crippen molar-refractivity contribution in [1.29, 1.82) is 0 Å². The van der Waals surface area contributed by atoms with Crippen LogP contribution >= 0.6 is 0 Å². The second kappa shape index (κ2) is 8.78. The lowest BCUT2D eigenvalue weighted by Gasteiger charge is -2.51. The monoisotopic (exact) mass is 471 g/mol. The summed E-state index contributed by atoms with van der Waals surface area (Å²) in [4.78, 5) is 34.6. The maximum Gasteiger partial charge on any atom is 0.318 e. The number of carbonyl (C=O) groups is 2. The minimum Gasteiger partial charge on any atom is -0.457 e. The fraction of sp³-hybridized carbons (Fsp3) is 0.333. The SMILES string of the molecule is O=C(C[N+]12CCC(CC1)[C@@H](OC(=O)C1c3ccccc3Oc3ccccc31)C2)Nc1ncccn1. The Hall–Kier alpha value is -3.78. The molecule has 7 rings (SSSR count). The van der Waals surface area contributed by atoms with E-state index in [4.69, 9.17) is 9.47 Å². The minimum absolute atomic E-state index is 0.117. The Morgan fingerprint density at radius 3 is 2.23 bits per heavy atom. The zero-order valence-corrected chi connectivity index (χ0v) is 19.3. The van der Waals surface area contributed by atoms with E-state index in [9.17, 15) is 9.59 Å². The number of rotatable bonds is 5. The minimum atomic E-state index is -0.529. The van der Waals surface area contributed by atoms with Crippen molar-refractivity contribution >= 4 is 17.8 Å². The first kappa shape index (κ1) is 21.7. The third kappa shape index (κ3) is 4.14. The third-order valence-electron chi connectivity index (χ3n) is 7.52. The van der Waals surface area contributed by atoms with Gasteiger partial charge in [-0.25, -0.2) is 9.97 Å². The number of hydrogen-bond donors (Lipinski definition) is 1. The Morgan fingerprint density at radius 2 is 1.57 bits per heavy atom. The van der Waals surface area contributed by atoms with E-state index in [0.29, 0.717) is 40.9 Å². The first-order valence-electron chi connectivity index (χ1n) is 12.1. The van der Waals surface area contributed by atoms with Gasteiger partial charge in [0.1, 0.15) is 24.0 Å². The molecule has 178 valence electrons. The number of nitrogens with one attached hydrogen (secondary N) is 1. The molecule has 2 bridgehead atoms. The number of piperidine rings is 3. The van der Waals surface area contributed by atoms with Crippen molar-refractivity contribution in [3.63, 3.8) is 0 Å². The molecule has 1 amide bonds. The Kier molecular flexibility index (Phi) is 5.45. The van der Waals surface area contributed by atoms with Crippen molar-refractivity contribution in [2.24, 2.45) is 5.92 Å². The van der Waals surface area contributed by atoms with E-state index in [0.717, 1.165) is 37.1 Å². The molecule has 0 unspecified atom stereocenters. The largest absolute Gasteiger partial charge is 0.457 e. The van der Waals surface area contributed by atoms with Crippen LogP contribution in [0.3, 0.4) is 0 Å². The second-order valence-corrected chi connectivity index (χ2v) is 9.67. The number of amides is 1. The molecule has 3 fully saturated rings. The zero-order chi connectivity index (χ0) is 23.8. The third-order valence-corrected chi connectivity index (χ3v) is 7.52. The van der Waals surface area contributed by atoms with Gasteiger partial charge in [-0.15, -0.1) is 0 Å². The summed E-state index contributed by atoms with van der Waals surface area (Å²) in [6.07, 6.45) is 4.86. The number of para-hydroxylation sites is 2. The molecule has 0 saturated carbocycles. The van der Waals surface area contributed by atoms with Gasteiger partial charge >= 0.3 is 5.97 Å². The van der Waals surface area contributed by atoms with Gasteiger partial charge in [0, 0.05) is 42.3 Å². The van der Waals surface area contributed by atoms with Gasteiger partial charge in [-0.3, -0.25) is 14.9 Å². The summed E-state index contributed by atoms with van der Waals surface area (Å²) in [5.74, 6) is 1.10. The molecule has 4 aliphatic heterocycles. The summed E-state index contributed by atoms with van der Waals surface area (Å²) in [5, 5.41) is 2.80. The number of nitrogens with zero attached hydrogens (tertiary/aromatic N) is 3. The summed E-state index contributed by atoms with van der Waals surface area (Å²) < 4.78 is 12.9. The number of anilines is 1. The molecule has 0 radical (unpaired) electrons. The molecule has 8 heteroatoms. The van der Waals surface area contributed by atoms with Crippen LogP contribution in [0.4, 0.5) is 5.95 Å². The van der Waals surface area contributed by atoms with Crippen molar-refractivity contribution in [2.75, 3.05) is 31.5 Å². The smallest absolute Gasteiger partial charge is 0.318 e. The molecule has 3 saturated heterocycles. The molecular formula is C27H27N4O4+. The number of quaternary nitrogens is 1. The first-order valence-corrected chi connectivity index (χ1v) is 12.1. The van der Waals surface area contributed by atoms with E-state index in [1.807, 2.05) is 48.5 Å². The van der Waals surface area contributed by atoms with E-state index in [-0.39, 0.29) is 18.0 Å². The van der Waals surface area contributed by atoms with Crippen LogP contribution in [-0.4, -0.2) is 58.6 Å². The van der Waals surface area contributed by atoms with Gasteiger partial charge in [0.25, 0.3) is 5.91 Å². The van der Waals surface area contributed by atoms with Crippen LogP contribution in [-0.2, 0) is 14.3 Å². The topological polar surface area (TPSA) is 90.4 Å². The average Bonchev–Trinajstić information content (AvgIpc) is 2.88. The van der Waals surface area contributed by atoms with Crippen molar-refractivity contribution in [3.8, 4) is 11.5 Å². The van der Waals surface area contributed by atoms with Crippen LogP contribution in [0.2, 0.25) is 0 Å². The normalized spacial score (nSPS) is 24.6. The van der Waals surface area contributed by atoms with Gasteiger partial charge in [-0.05, 0) is 18.2 Å². The number of esters is 1. The van der Waals surface area contributed by atoms with E-state index in [1.165, 1.54) is 0 Å². The maximum absolute atomic E-state index is 13.7. The predicted molar refractivity (Wildman–Crippen MR) is 128 cm³/mol. The van der Waals surface area contributed by atoms with Gasteiger partial charge in [0.15, 0.2) is 12.6 Å². The Morgan fingerprint density at radius 1 is 0.943 bits per heavy atom. The highest BCUT2D eigenvalue weighted by Gasteiger charge is 2.49. The number of fused-ring (bicyclic) bond motifs is 5. The standard InChI is InChI=1S/C27H26N4O4/c32-24(30-27-28-12-5-13-29-27)17-31-14-10-18(11-15-31)23(16-31)35-26(33)25-19-6-1-3-8-21(19)34-22-9-4-2-7-20(22)25/h1-9,12-13,18,23,25H,10-11,14-17H2/p+1/t18?,23-,31?/m0/s1. The van der Waals surface area contributed by atoms with Crippen molar-refractivity contribution in [3.05, 3.63) is 78.1 Å². The first-order chi connectivity index (χ1) is 17.1.